The molecule has 18 heavy (non-hydrogen) atoms. The average Bonchev–Trinajstić information content (AvgIpc) is 2.14. The highest BCUT2D eigenvalue weighted by molar-refractivity contribution is 7.80. The van der Waals surface area contributed by atoms with Gasteiger partial charge in [0.2, 0.25) is 5.91 Å². The summed E-state index contributed by atoms with van der Waals surface area (Å²) in [5.74, 6) is 0.123. The van der Waals surface area contributed by atoms with E-state index in [0.717, 1.165) is 25.8 Å². The first-order valence-electron chi connectivity index (χ1n) is 6.61. The molecule has 1 aliphatic carbocycles. The summed E-state index contributed by atoms with van der Waals surface area (Å²) in [6.45, 7) is 5.65. The molecule has 0 aromatic heterocycles. The molecule has 0 bridgehead atoms. The molecule has 0 aromatic rings. The standard InChI is InChI=1S/C13H25N3OS/c1-5-16(10(2)9-15(3)4)12(17)13(11(14)18)7-6-8-13/h10H,5-9H2,1-4H3,(H2,14,18). The highest BCUT2D eigenvalue weighted by atomic mass is 32.1. The third kappa shape index (κ3) is 2.83. The molecule has 1 unspecified atom stereocenters. The zero-order valence-corrected chi connectivity index (χ0v) is 12.7. The van der Waals surface area contributed by atoms with Crippen LogP contribution in [0.25, 0.3) is 0 Å². The second-order valence-corrected chi connectivity index (χ2v) is 5.94. The molecule has 0 radical (unpaired) electrons. The summed E-state index contributed by atoms with van der Waals surface area (Å²) < 4.78 is 0. The van der Waals surface area contributed by atoms with E-state index in [9.17, 15) is 4.79 Å². The largest absolute Gasteiger partial charge is 0.392 e. The summed E-state index contributed by atoms with van der Waals surface area (Å²) in [5, 5.41) is 0. The molecule has 1 amide bonds. The number of thiocarbonyl (C=S) groups is 1. The predicted molar refractivity (Wildman–Crippen MR) is 78.5 cm³/mol. The van der Waals surface area contributed by atoms with E-state index in [2.05, 4.69) is 11.8 Å². The quantitative estimate of drug-likeness (QED) is 0.739. The average molecular weight is 271 g/mol. The molecule has 1 rings (SSSR count). The van der Waals surface area contributed by atoms with Crippen LogP contribution in [0.5, 0.6) is 0 Å². The number of amides is 1. The van der Waals surface area contributed by atoms with Crippen LogP contribution in [0.1, 0.15) is 33.1 Å². The minimum atomic E-state index is -0.550. The number of carbonyl (C=O) groups excluding carboxylic acids is 1. The van der Waals surface area contributed by atoms with E-state index in [4.69, 9.17) is 18.0 Å². The van der Waals surface area contributed by atoms with Gasteiger partial charge >= 0.3 is 0 Å². The van der Waals surface area contributed by atoms with Crippen molar-refractivity contribution in [3.63, 3.8) is 0 Å². The van der Waals surface area contributed by atoms with E-state index in [1.54, 1.807) is 0 Å². The van der Waals surface area contributed by atoms with Crippen molar-refractivity contribution in [1.82, 2.24) is 9.80 Å². The van der Waals surface area contributed by atoms with Gasteiger partial charge in [0.15, 0.2) is 0 Å². The highest BCUT2D eigenvalue weighted by Crippen LogP contribution is 2.43. The maximum Gasteiger partial charge on any atom is 0.235 e. The molecule has 0 heterocycles. The Balaban J connectivity index is 2.81. The van der Waals surface area contributed by atoms with Crippen molar-refractivity contribution >= 4 is 23.1 Å². The third-order valence-electron chi connectivity index (χ3n) is 3.85. The van der Waals surface area contributed by atoms with Gasteiger partial charge in [-0.1, -0.05) is 18.6 Å². The third-order valence-corrected chi connectivity index (χ3v) is 4.24. The van der Waals surface area contributed by atoms with Crippen LogP contribution in [-0.2, 0) is 4.79 Å². The second-order valence-electron chi connectivity index (χ2n) is 5.50. The molecule has 1 fully saturated rings. The summed E-state index contributed by atoms with van der Waals surface area (Å²) in [6.07, 6.45) is 2.67. The van der Waals surface area contributed by atoms with Crippen LogP contribution < -0.4 is 5.73 Å². The van der Waals surface area contributed by atoms with Crippen molar-refractivity contribution in [3.05, 3.63) is 0 Å². The van der Waals surface area contributed by atoms with Gasteiger partial charge in [-0.15, -0.1) is 0 Å². The molecule has 1 atom stereocenters. The maximum absolute atomic E-state index is 12.7. The Kier molecular flexibility index (Phi) is 5.10. The fraction of sp³-hybridized carbons (Fsp3) is 0.846. The van der Waals surface area contributed by atoms with Gasteiger partial charge in [0.25, 0.3) is 0 Å². The van der Waals surface area contributed by atoms with Crippen LogP contribution in [0.15, 0.2) is 0 Å². The van der Waals surface area contributed by atoms with Gasteiger partial charge in [-0.05, 0) is 40.8 Å². The van der Waals surface area contributed by atoms with E-state index >= 15 is 0 Å². The molecular formula is C13H25N3OS. The Morgan fingerprint density at radius 3 is 2.28 bits per heavy atom. The smallest absolute Gasteiger partial charge is 0.235 e. The van der Waals surface area contributed by atoms with Crippen molar-refractivity contribution < 1.29 is 4.79 Å². The van der Waals surface area contributed by atoms with Crippen LogP contribution in [0.4, 0.5) is 0 Å². The van der Waals surface area contributed by atoms with Crippen molar-refractivity contribution in [2.24, 2.45) is 11.1 Å². The first kappa shape index (κ1) is 15.4. The monoisotopic (exact) mass is 271 g/mol. The molecule has 1 saturated carbocycles. The van der Waals surface area contributed by atoms with Gasteiger partial charge in [-0.2, -0.15) is 0 Å². The number of hydrogen-bond donors (Lipinski definition) is 1. The summed E-state index contributed by atoms with van der Waals surface area (Å²) in [6, 6.07) is 0.185. The normalized spacial score (nSPS) is 19.2. The van der Waals surface area contributed by atoms with E-state index in [1.165, 1.54) is 0 Å². The molecule has 5 heteroatoms. The number of nitrogens with zero attached hydrogens (tertiary/aromatic N) is 2. The van der Waals surface area contributed by atoms with Crippen molar-refractivity contribution in [1.29, 1.82) is 0 Å². The van der Waals surface area contributed by atoms with Crippen LogP contribution >= 0.6 is 12.2 Å². The lowest BCUT2D eigenvalue weighted by Crippen LogP contribution is -2.57. The van der Waals surface area contributed by atoms with E-state index in [1.807, 2.05) is 25.9 Å². The highest BCUT2D eigenvalue weighted by Gasteiger charge is 2.49. The Morgan fingerprint density at radius 2 is 2.00 bits per heavy atom. The van der Waals surface area contributed by atoms with Gasteiger partial charge in [0.05, 0.1) is 10.4 Å². The van der Waals surface area contributed by atoms with Gasteiger partial charge < -0.3 is 15.5 Å². The van der Waals surface area contributed by atoms with Crippen molar-refractivity contribution in [2.75, 3.05) is 27.2 Å². The molecule has 104 valence electrons. The maximum atomic E-state index is 12.7. The lowest BCUT2D eigenvalue weighted by Gasteiger charge is -2.44. The molecule has 0 saturated heterocycles. The number of rotatable bonds is 6. The number of nitrogens with two attached hydrogens (primary N) is 1. The van der Waals surface area contributed by atoms with Crippen LogP contribution in [-0.4, -0.2) is 53.9 Å². The summed E-state index contributed by atoms with van der Waals surface area (Å²) in [5.41, 5.74) is 5.25. The van der Waals surface area contributed by atoms with Crippen molar-refractivity contribution in [2.45, 2.75) is 39.2 Å². The first-order valence-corrected chi connectivity index (χ1v) is 7.01. The van der Waals surface area contributed by atoms with Gasteiger partial charge in [0, 0.05) is 19.1 Å². The minimum Gasteiger partial charge on any atom is -0.392 e. The Labute approximate surface area is 115 Å². The number of carbonyl (C=O) groups is 1. The lowest BCUT2D eigenvalue weighted by molar-refractivity contribution is -0.144. The van der Waals surface area contributed by atoms with E-state index in [0.29, 0.717) is 11.5 Å². The Morgan fingerprint density at radius 1 is 1.44 bits per heavy atom. The lowest BCUT2D eigenvalue weighted by atomic mass is 9.67. The fourth-order valence-electron chi connectivity index (χ4n) is 2.65. The van der Waals surface area contributed by atoms with Crippen LogP contribution in [0, 0.1) is 5.41 Å². The molecule has 4 nitrogen and oxygen atoms in total. The molecule has 0 aliphatic heterocycles. The second kappa shape index (κ2) is 5.97. The summed E-state index contributed by atoms with van der Waals surface area (Å²) in [4.78, 5) is 17.1. The SMILES string of the molecule is CCN(C(=O)C1(C(N)=S)CCC1)C(C)CN(C)C. The van der Waals surface area contributed by atoms with Crippen molar-refractivity contribution in [3.8, 4) is 0 Å². The molecule has 2 N–H and O–H groups in total. The van der Waals surface area contributed by atoms with E-state index < -0.39 is 5.41 Å². The first-order chi connectivity index (χ1) is 8.35. The molecule has 0 spiro atoms. The van der Waals surface area contributed by atoms with Gasteiger partial charge in [-0.25, -0.2) is 0 Å². The van der Waals surface area contributed by atoms with Crippen LogP contribution in [0.2, 0.25) is 0 Å². The fourth-order valence-corrected chi connectivity index (χ4v) is 2.94. The predicted octanol–water partition coefficient (Wildman–Crippen LogP) is 1.24. The summed E-state index contributed by atoms with van der Waals surface area (Å²) in [7, 11) is 4.03. The summed E-state index contributed by atoms with van der Waals surface area (Å²) >= 11 is 5.12. The number of hydrogen-bond acceptors (Lipinski definition) is 3. The van der Waals surface area contributed by atoms with Gasteiger partial charge in [-0.3, -0.25) is 4.79 Å². The number of likely N-dealkylation sites (N-methyl/N-ethyl adjacent to an activating group) is 2. The Bertz CT molecular complexity index is 326. The van der Waals surface area contributed by atoms with E-state index in [-0.39, 0.29) is 11.9 Å². The molecular weight excluding hydrogens is 246 g/mol. The Hall–Kier alpha value is -0.680. The van der Waals surface area contributed by atoms with Crippen LogP contribution in [0.3, 0.4) is 0 Å². The zero-order chi connectivity index (χ0) is 13.9. The minimum absolute atomic E-state index is 0.123. The van der Waals surface area contributed by atoms with Gasteiger partial charge in [0.1, 0.15) is 0 Å². The molecule has 0 aromatic carbocycles. The molecule has 1 aliphatic rings. The zero-order valence-electron chi connectivity index (χ0n) is 11.9. The topological polar surface area (TPSA) is 49.6 Å².